The summed E-state index contributed by atoms with van der Waals surface area (Å²) in [5, 5.41) is 13.8. The summed E-state index contributed by atoms with van der Waals surface area (Å²) in [6.45, 7) is 2.03. The molecule has 0 fully saturated rings. The second-order valence-electron chi connectivity index (χ2n) is 4.77. The van der Waals surface area contributed by atoms with Crippen molar-refractivity contribution >= 4 is 29.2 Å². The normalized spacial score (nSPS) is 10.7. The van der Waals surface area contributed by atoms with Crippen molar-refractivity contribution in [2.24, 2.45) is 0 Å². The monoisotopic (exact) mass is 340 g/mol. The molecule has 0 amide bonds. The average Bonchev–Trinajstić information content (AvgIpc) is 2.47. The number of nitrogens with zero attached hydrogens (tertiary/aromatic N) is 2. The molecule has 0 aliphatic rings. The number of hydrogen-bond donors (Lipinski definition) is 1. The van der Waals surface area contributed by atoms with Gasteiger partial charge in [-0.2, -0.15) is 5.10 Å². The molecule has 1 N–H and O–H groups in total. The number of aromatic carboxylic acids is 1. The number of carboxylic acids is 1. The molecular formula is C15H14Cl2N2O3. The molecule has 1 aromatic carbocycles. The summed E-state index contributed by atoms with van der Waals surface area (Å²) in [6.07, 6.45) is 2.41. The number of hydrogen-bond acceptors (Lipinski definition) is 3. The topological polar surface area (TPSA) is 72.2 Å². The summed E-state index contributed by atoms with van der Waals surface area (Å²) >= 11 is 11.9. The first-order valence-electron chi connectivity index (χ1n) is 6.76. The highest BCUT2D eigenvalue weighted by Gasteiger charge is 2.15. The first-order chi connectivity index (χ1) is 10.4. The van der Waals surface area contributed by atoms with Gasteiger partial charge in [-0.05, 0) is 31.0 Å². The molecule has 0 radical (unpaired) electrons. The van der Waals surface area contributed by atoms with Crippen LogP contribution in [0.4, 0.5) is 0 Å². The van der Waals surface area contributed by atoms with Gasteiger partial charge in [0.15, 0.2) is 0 Å². The molecule has 0 aliphatic heterocycles. The molecule has 1 aromatic heterocycles. The van der Waals surface area contributed by atoms with E-state index < -0.39 is 17.1 Å². The third-order valence-corrected chi connectivity index (χ3v) is 3.88. The second-order valence-corrected chi connectivity index (χ2v) is 5.58. The quantitative estimate of drug-likeness (QED) is 0.902. The molecule has 0 spiro atoms. The Bertz CT molecular complexity index is 772. The van der Waals surface area contributed by atoms with Gasteiger partial charge in [-0.3, -0.25) is 4.79 Å². The van der Waals surface area contributed by atoms with Gasteiger partial charge in [0.25, 0.3) is 0 Å². The van der Waals surface area contributed by atoms with E-state index in [1.54, 1.807) is 18.2 Å². The van der Waals surface area contributed by atoms with Crippen LogP contribution in [0.15, 0.2) is 29.1 Å². The lowest BCUT2D eigenvalue weighted by Gasteiger charge is -2.13. The number of unbranched alkanes of at least 4 members (excludes halogenated alkanes) is 1. The molecule has 2 rings (SSSR count). The van der Waals surface area contributed by atoms with Crippen LogP contribution in [-0.4, -0.2) is 20.9 Å². The predicted octanol–water partition coefficient (Wildman–Crippen LogP) is 3.58. The Hall–Kier alpha value is -1.85. The summed E-state index contributed by atoms with van der Waals surface area (Å²) in [5.74, 6) is -1.36. The van der Waals surface area contributed by atoms with Crippen molar-refractivity contribution in [2.75, 3.05) is 0 Å². The number of aryl methyl sites for hydroxylation is 1. The summed E-state index contributed by atoms with van der Waals surface area (Å²) in [7, 11) is 0. The molecule has 116 valence electrons. The SMILES string of the molecule is CCCCc1cc(=O)c(C(=O)O)nn1-c1ccc(Cl)c(Cl)c1. The van der Waals surface area contributed by atoms with E-state index in [2.05, 4.69) is 5.10 Å². The first kappa shape index (κ1) is 16.5. The van der Waals surface area contributed by atoms with Crippen molar-refractivity contribution in [2.45, 2.75) is 26.2 Å². The molecule has 0 bridgehead atoms. The fourth-order valence-corrected chi connectivity index (χ4v) is 2.31. The van der Waals surface area contributed by atoms with Crippen LogP contribution in [0.5, 0.6) is 0 Å². The van der Waals surface area contributed by atoms with Gasteiger partial charge < -0.3 is 5.11 Å². The first-order valence-corrected chi connectivity index (χ1v) is 7.51. The van der Waals surface area contributed by atoms with E-state index in [4.69, 9.17) is 28.3 Å². The average molecular weight is 341 g/mol. The van der Waals surface area contributed by atoms with Gasteiger partial charge in [0.05, 0.1) is 15.7 Å². The zero-order valence-electron chi connectivity index (χ0n) is 11.8. The Morgan fingerprint density at radius 2 is 2.00 bits per heavy atom. The van der Waals surface area contributed by atoms with Crippen molar-refractivity contribution in [3.05, 3.63) is 55.9 Å². The van der Waals surface area contributed by atoms with Gasteiger partial charge in [-0.15, -0.1) is 0 Å². The van der Waals surface area contributed by atoms with E-state index in [1.807, 2.05) is 6.92 Å². The molecule has 0 saturated carbocycles. The van der Waals surface area contributed by atoms with Crippen LogP contribution in [0.3, 0.4) is 0 Å². The van der Waals surface area contributed by atoms with Crippen LogP contribution in [0.2, 0.25) is 10.0 Å². The van der Waals surface area contributed by atoms with Crippen molar-refractivity contribution in [1.82, 2.24) is 9.78 Å². The minimum atomic E-state index is -1.36. The lowest BCUT2D eigenvalue weighted by atomic mass is 10.1. The predicted molar refractivity (Wildman–Crippen MR) is 85.4 cm³/mol. The Balaban J connectivity index is 2.63. The molecule has 0 aliphatic carbocycles. The maximum absolute atomic E-state index is 11.8. The molecule has 0 atom stereocenters. The highest BCUT2D eigenvalue weighted by Crippen LogP contribution is 2.24. The smallest absolute Gasteiger partial charge is 0.360 e. The van der Waals surface area contributed by atoms with E-state index in [0.29, 0.717) is 27.8 Å². The lowest BCUT2D eigenvalue weighted by molar-refractivity contribution is 0.0686. The van der Waals surface area contributed by atoms with Crippen LogP contribution >= 0.6 is 23.2 Å². The molecule has 1 heterocycles. The van der Waals surface area contributed by atoms with Gasteiger partial charge in [0, 0.05) is 11.8 Å². The van der Waals surface area contributed by atoms with E-state index in [1.165, 1.54) is 10.7 Å². The van der Waals surface area contributed by atoms with E-state index in [-0.39, 0.29) is 0 Å². The summed E-state index contributed by atoms with van der Waals surface area (Å²) < 4.78 is 1.43. The van der Waals surface area contributed by atoms with Crippen molar-refractivity contribution in [3.63, 3.8) is 0 Å². The van der Waals surface area contributed by atoms with Crippen LogP contribution in [0.1, 0.15) is 35.9 Å². The molecule has 2 aromatic rings. The molecule has 0 unspecified atom stereocenters. The minimum absolute atomic E-state index is 0.331. The Labute approximate surface area is 137 Å². The van der Waals surface area contributed by atoms with Gasteiger partial charge in [0.1, 0.15) is 0 Å². The second kappa shape index (κ2) is 6.94. The maximum Gasteiger partial charge on any atom is 0.360 e. The van der Waals surface area contributed by atoms with E-state index >= 15 is 0 Å². The van der Waals surface area contributed by atoms with Crippen LogP contribution in [0.25, 0.3) is 5.69 Å². The number of benzene rings is 1. The zero-order chi connectivity index (χ0) is 16.3. The van der Waals surface area contributed by atoms with Crippen LogP contribution in [0, 0.1) is 0 Å². The summed E-state index contributed by atoms with van der Waals surface area (Å²) in [4.78, 5) is 23.0. The number of aromatic nitrogens is 2. The number of rotatable bonds is 5. The fraction of sp³-hybridized carbons (Fsp3) is 0.267. The Morgan fingerprint density at radius 3 is 2.59 bits per heavy atom. The highest BCUT2D eigenvalue weighted by molar-refractivity contribution is 6.42. The van der Waals surface area contributed by atoms with E-state index in [0.717, 1.165) is 12.8 Å². The summed E-state index contributed by atoms with van der Waals surface area (Å²) in [5.41, 5.74) is 0.0690. The van der Waals surface area contributed by atoms with Crippen molar-refractivity contribution in [3.8, 4) is 5.69 Å². The highest BCUT2D eigenvalue weighted by atomic mass is 35.5. The van der Waals surface area contributed by atoms with Crippen LogP contribution < -0.4 is 5.43 Å². The third kappa shape index (κ3) is 3.48. The summed E-state index contributed by atoms with van der Waals surface area (Å²) in [6, 6.07) is 6.17. The fourth-order valence-electron chi connectivity index (χ4n) is 2.02. The van der Waals surface area contributed by atoms with Gasteiger partial charge in [-0.1, -0.05) is 36.5 Å². The van der Waals surface area contributed by atoms with Crippen molar-refractivity contribution < 1.29 is 9.90 Å². The molecule has 22 heavy (non-hydrogen) atoms. The lowest BCUT2D eigenvalue weighted by Crippen LogP contribution is -2.23. The minimum Gasteiger partial charge on any atom is -0.476 e. The molecular weight excluding hydrogens is 327 g/mol. The molecule has 5 nitrogen and oxygen atoms in total. The Kier molecular flexibility index (Phi) is 5.21. The number of carboxylic acid groups (broad SMARTS) is 1. The van der Waals surface area contributed by atoms with Gasteiger partial charge in [0.2, 0.25) is 11.1 Å². The Morgan fingerprint density at radius 1 is 1.27 bits per heavy atom. The number of halogens is 2. The van der Waals surface area contributed by atoms with E-state index in [9.17, 15) is 9.59 Å². The van der Waals surface area contributed by atoms with Gasteiger partial charge in [-0.25, -0.2) is 9.48 Å². The molecule has 7 heteroatoms. The number of carbonyl (C=O) groups is 1. The molecule has 0 saturated heterocycles. The standard InChI is InChI=1S/C15H14Cl2N2O3/c1-2-3-4-9-8-13(20)14(15(21)22)18-19(9)10-5-6-11(16)12(17)7-10/h5-8H,2-4H2,1H3,(H,21,22). The van der Waals surface area contributed by atoms with Crippen molar-refractivity contribution in [1.29, 1.82) is 0 Å². The maximum atomic E-state index is 11.8. The van der Waals surface area contributed by atoms with Gasteiger partial charge >= 0.3 is 5.97 Å². The third-order valence-electron chi connectivity index (χ3n) is 3.14. The zero-order valence-corrected chi connectivity index (χ0v) is 13.4. The van der Waals surface area contributed by atoms with Crippen LogP contribution in [-0.2, 0) is 6.42 Å². The largest absolute Gasteiger partial charge is 0.476 e.